The lowest BCUT2D eigenvalue weighted by Crippen LogP contribution is -2.34. The van der Waals surface area contributed by atoms with Gasteiger partial charge in [0, 0.05) is 19.4 Å². The zero-order valence-electron chi connectivity index (χ0n) is 13.5. The van der Waals surface area contributed by atoms with Gasteiger partial charge in [0.15, 0.2) is 5.82 Å². The first-order chi connectivity index (χ1) is 11.5. The molecule has 2 aromatic rings. The van der Waals surface area contributed by atoms with Gasteiger partial charge in [0.2, 0.25) is 11.8 Å². The van der Waals surface area contributed by atoms with Gasteiger partial charge in [-0.1, -0.05) is 17.3 Å². The molecule has 0 radical (unpaired) electrons. The fourth-order valence-corrected chi connectivity index (χ4v) is 2.99. The van der Waals surface area contributed by atoms with E-state index in [0.717, 1.165) is 0 Å². The number of rotatable bonds is 5. The maximum Gasteiger partial charge on any atom is 0.226 e. The average molecular weight is 333 g/mol. The van der Waals surface area contributed by atoms with Crippen LogP contribution in [0.15, 0.2) is 28.8 Å². The zero-order valence-corrected chi connectivity index (χ0v) is 13.5. The molecular weight excluding hydrogens is 313 g/mol. The van der Waals surface area contributed by atoms with Crippen LogP contribution >= 0.6 is 0 Å². The highest BCUT2D eigenvalue weighted by molar-refractivity contribution is 5.76. The standard InChI is InChI=1S/C17H20FN3O3/c1-12-19-15(24-20-12)3-2-4-16(22)21-10-9-17(23,11-21)13-5-7-14(18)8-6-13/h5-8,23H,2-4,9-11H2,1H3. The number of carbonyl (C=O) groups excluding carboxylic acids is 1. The van der Waals surface area contributed by atoms with Crippen LogP contribution in [0.25, 0.3) is 0 Å². The van der Waals surface area contributed by atoms with E-state index in [1.807, 2.05) is 0 Å². The highest BCUT2D eigenvalue weighted by Gasteiger charge is 2.39. The summed E-state index contributed by atoms with van der Waals surface area (Å²) < 4.78 is 18.0. The maximum atomic E-state index is 13.0. The minimum absolute atomic E-state index is 0.00993. The lowest BCUT2D eigenvalue weighted by molar-refractivity contribution is -0.131. The molecule has 1 aromatic carbocycles. The third kappa shape index (κ3) is 3.62. The van der Waals surface area contributed by atoms with Crippen LogP contribution in [0, 0.1) is 12.7 Å². The Morgan fingerprint density at radius 1 is 1.42 bits per heavy atom. The molecule has 0 spiro atoms. The Bertz CT molecular complexity index is 716. The second-order valence-electron chi connectivity index (χ2n) is 6.19. The van der Waals surface area contributed by atoms with Gasteiger partial charge in [-0.2, -0.15) is 4.98 Å². The summed E-state index contributed by atoms with van der Waals surface area (Å²) in [6, 6.07) is 5.79. The van der Waals surface area contributed by atoms with Crippen molar-refractivity contribution in [3.8, 4) is 0 Å². The topological polar surface area (TPSA) is 79.5 Å². The molecule has 3 rings (SSSR count). The van der Waals surface area contributed by atoms with Crippen molar-refractivity contribution in [1.29, 1.82) is 0 Å². The van der Waals surface area contributed by atoms with Crippen LogP contribution in [0.2, 0.25) is 0 Å². The lowest BCUT2D eigenvalue weighted by atomic mass is 9.93. The van der Waals surface area contributed by atoms with Crippen LogP contribution < -0.4 is 0 Å². The first-order valence-corrected chi connectivity index (χ1v) is 8.02. The normalized spacial score (nSPS) is 20.5. The van der Waals surface area contributed by atoms with E-state index in [9.17, 15) is 14.3 Å². The summed E-state index contributed by atoms with van der Waals surface area (Å²) in [6.07, 6.45) is 1.99. The molecule has 1 atom stereocenters. The van der Waals surface area contributed by atoms with E-state index < -0.39 is 5.60 Å². The van der Waals surface area contributed by atoms with Gasteiger partial charge in [-0.15, -0.1) is 0 Å². The van der Waals surface area contributed by atoms with E-state index in [-0.39, 0.29) is 18.3 Å². The Kier molecular flexibility index (Phi) is 4.62. The molecule has 7 heteroatoms. The fourth-order valence-electron chi connectivity index (χ4n) is 2.99. The first-order valence-electron chi connectivity index (χ1n) is 8.02. The van der Waals surface area contributed by atoms with Gasteiger partial charge in [-0.25, -0.2) is 4.39 Å². The van der Waals surface area contributed by atoms with E-state index >= 15 is 0 Å². The molecule has 1 unspecified atom stereocenters. The number of aromatic nitrogens is 2. The van der Waals surface area contributed by atoms with E-state index in [1.54, 1.807) is 24.0 Å². The van der Waals surface area contributed by atoms with Gasteiger partial charge in [0.1, 0.15) is 11.4 Å². The summed E-state index contributed by atoms with van der Waals surface area (Å²) in [7, 11) is 0. The number of likely N-dealkylation sites (tertiary alicyclic amines) is 1. The van der Waals surface area contributed by atoms with Gasteiger partial charge in [0.05, 0.1) is 6.54 Å². The highest BCUT2D eigenvalue weighted by atomic mass is 19.1. The predicted molar refractivity (Wildman–Crippen MR) is 83.5 cm³/mol. The van der Waals surface area contributed by atoms with Crippen LogP contribution in [0.5, 0.6) is 0 Å². The number of aliphatic hydroxyl groups is 1. The number of hydrogen-bond donors (Lipinski definition) is 1. The smallest absolute Gasteiger partial charge is 0.226 e. The van der Waals surface area contributed by atoms with Crippen molar-refractivity contribution in [3.05, 3.63) is 47.4 Å². The zero-order chi connectivity index (χ0) is 17.2. The third-order valence-electron chi connectivity index (χ3n) is 4.33. The Morgan fingerprint density at radius 3 is 2.83 bits per heavy atom. The molecule has 1 aliphatic rings. The third-order valence-corrected chi connectivity index (χ3v) is 4.33. The van der Waals surface area contributed by atoms with Gasteiger partial charge in [-0.05, 0) is 37.5 Å². The molecule has 1 N–H and O–H groups in total. The molecule has 1 saturated heterocycles. The number of hydrogen-bond acceptors (Lipinski definition) is 5. The predicted octanol–water partition coefficient (Wildman–Crippen LogP) is 1.96. The Balaban J connectivity index is 1.52. The summed E-state index contributed by atoms with van der Waals surface area (Å²) in [4.78, 5) is 18.1. The molecule has 0 saturated carbocycles. The number of carbonyl (C=O) groups is 1. The largest absolute Gasteiger partial charge is 0.383 e. The fraction of sp³-hybridized carbons (Fsp3) is 0.471. The van der Waals surface area contributed by atoms with E-state index in [4.69, 9.17) is 4.52 Å². The SMILES string of the molecule is Cc1noc(CCCC(=O)N2CCC(O)(c3ccc(F)cc3)C2)n1. The van der Waals surface area contributed by atoms with Crippen LogP contribution in [0.1, 0.15) is 36.5 Å². The number of β-amino-alcohol motifs (C(OH)–C–C–N with tert-alkyl or cyclic N) is 1. The monoisotopic (exact) mass is 333 g/mol. The number of aryl methyl sites for hydroxylation is 2. The van der Waals surface area contributed by atoms with Crippen molar-refractivity contribution in [2.24, 2.45) is 0 Å². The molecule has 6 nitrogen and oxygen atoms in total. The molecule has 1 aromatic heterocycles. The van der Waals surface area contributed by atoms with Crippen molar-refractivity contribution in [2.45, 2.75) is 38.2 Å². The summed E-state index contributed by atoms with van der Waals surface area (Å²) in [5.41, 5.74) is -0.465. The number of nitrogens with zero attached hydrogens (tertiary/aromatic N) is 3. The second kappa shape index (κ2) is 6.68. The Labute approximate surface area is 139 Å². The minimum Gasteiger partial charge on any atom is -0.383 e. The van der Waals surface area contributed by atoms with Gasteiger partial charge < -0.3 is 14.5 Å². The van der Waals surface area contributed by atoms with Crippen LogP contribution in [-0.4, -0.2) is 39.1 Å². The summed E-state index contributed by atoms with van der Waals surface area (Å²) in [6.45, 7) is 2.47. The molecule has 2 heterocycles. The van der Waals surface area contributed by atoms with E-state index in [0.29, 0.717) is 49.5 Å². The molecule has 1 amide bonds. The number of benzene rings is 1. The summed E-state index contributed by atoms with van der Waals surface area (Å²) >= 11 is 0. The number of halogens is 1. The van der Waals surface area contributed by atoms with Crippen molar-refractivity contribution in [2.75, 3.05) is 13.1 Å². The maximum absolute atomic E-state index is 13.0. The van der Waals surface area contributed by atoms with Crippen LogP contribution in [0.4, 0.5) is 4.39 Å². The summed E-state index contributed by atoms with van der Waals surface area (Å²) in [5.74, 6) is 0.763. The van der Waals surface area contributed by atoms with Crippen molar-refractivity contribution < 1.29 is 18.8 Å². The molecule has 24 heavy (non-hydrogen) atoms. The highest BCUT2D eigenvalue weighted by Crippen LogP contribution is 2.32. The Hall–Kier alpha value is -2.28. The molecule has 0 bridgehead atoms. The van der Waals surface area contributed by atoms with E-state index in [2.05, 4.69) is 10.1 Å². The Morgan fingerprint density at radius 2 is 2.17 bits per heavy atom. The van der Waals surface area contributed by atoms with Gasteiger partial charge in [-0.3, -0.25) is 4.79 Å². The van der Waals surface area contributed by atoms with E-state index in [1.165, 1.54) is 12.1 Å². The molecule has 0 aliphatic carbocycles. The summed E-state index contributed by atoms with van der Waals surface area (Å²) in [5, 5.41) is 14.4. The second-order valence-corrected chi connectivity index (χ2v) is 6.19. The first kappa shape index (κ1) is 16.6. The quantitative estimate of drug-likeness (QED) is 0.905. The minimum atomic E-state index is -1.10. The van der Waals surface area contributed by atoms with Crippen LogP contribution in [-0.2, 0) is 16.8 Å². The van der Waals surface area contributed by atoms with Crippen molar-refractivity contribution in [1.82, 2.24) is 15.0 Å². The molecule has 1 fully saturated rings. The molecular formula is C17H20FN3O3. The lowest BCUT2D eigenvalue weighted by Gasteiger charge is -2.24. The average Bonchev–Trinajstić information content (AvgIpc) is 3.15. The molecule has 1 aliphatic heterocycles. The van der Waals surface area contributed by atoms with Gasteiger partial charge in [0.25, 0.3) is 0 Å². The van der Waals surface area contributed by atoms with Crippen molar-refractivity contribution in [3.63, 3.8) is 0 Å². The van der Waals surface area contributed by atoms with Crippen LogP contribution in [0.3, 0.4) is 0 Å². The van der Waals surface area contributed by atoms with Gasteiger partial charge >= 0.3 is 0 Å². The number of amides is 1. The van der Waals surface area contributed by atoms with Crippen molar-refractivity contribution >= 4 is 5.91 Å². The molecule has 128 valence electrons.